The summed E-state index contributed by atoms with van der Waals surface area (Å²) in [5, 5.41) is 3.54. The third-order valence-electron chi connectivity index (χ3n) is 5.18. The first-order chi connectivity index (χ1) is 9.50. The van der Waals surface area contributed by atoms with E-state index in [1.165, 1.54) is 19.3 Å². The van der Waals surface area contributed by atoms with Crippen LogP contribution in [-0.2, 0) is 4.79 Å². The van der Waals surface area contributed by atoms with Crippen molar-refractivity contribution in [1.29, 1.82) is 0 Å². The molecule has 0 aromatic carbocycles. The van der Waals surface area contributed by atoms with Gasteiger partial charge in [0, 0.05) is 18.6 Å². The molecule has 20 heavy (non-hydrogen) atoms. The number of nitrogens with two attached hydrogens (primary N) is 1. The lowest BCUT2D eigenvalue weighted by atomic mass is 9.95. The topological polar surface area (TPSA) is 58.4 Å². The highest BCUT2D eigenvalue weighted by Crippen LogP contribution is 2.36. The monoisotopic (exact) mass is 281 g/mol. The third-order valence-corrected chi connectivity index (χ3v) is 5.18. The number of hydrogen-bond donors (Lipinski definition) is 2. The number of nitrogens with one attached hydrogen (secondary N) is 1. The molecule has 0 heterocycles. The van der Waals surface area contributed by atoms with Crippen molar-refractivity contribution in [2.24, 2.45) is 11.7 Å². The van der Waals surface area contributed by atoms with E-state index in [0.717, 1.165) is 38.3 Å². The zero-order valence-electron chi connectivity index (χ0n) is 13.3. The smallest absolute Gasteiger partial charge is 0.237 e. The molecule has 0 aromatic heterocycles. The van der Waals surface area contributed by atoms with Gasteiger partial charge in [0.05, 0.1) is 5.54 Å². The summed E-state index contributed by atoms with van der Waals surface area (Å²) in [5.41, 5.74) is 5.28. The molecule has 2 aliphatic carbocycles. The number of carbonyl (C=O) groups excluding carboxylic acids is 1. The van der Waals surface area contributed by atoms with Gasteiger partial charge in [0.1, 0.15) is 0 Å². The van der Waals surface area contributed by atoms with Crippen molar-refractivity contribution in [2.75, 3.05) is 13.1 Å². The molecule has 0 aliphatic heterocycles. The van der Waals surface area contributed by atoms with Gasteiger partial charge < -0.3 is 16.0 Å². The molecule has 2 fully saturated rings. The number of amides is 1. The average Bonchev–Trinajstić information content (AvgIpc) is 3.13. The van der Waals surface area contributed by atoms with Crippen molar-refractivity contribution >= 4 is 5.91 Å². The molecule has 4 nitrogen and oxygen atoms in total. The maximum absolute atomic E-state index is 12.0. The summed E-state index contributed by atoms with van der Waals surface area (Å²) in [7, 11) is 0. The van der Waals surface area contributed by atoms with Crippen molar-refractivity contribution in [3.05, 3.63) is 0 Å². The summed E-state index contributed by atoms with van der Waals surface area (Å²) in [6, 6.07) is 1.04. The predicted octanol–water partition coefficient (Wildman–Crippen LogP) is 1.88. The number of nitrogens with zero attached hydrogens (tertiary/aromatic N) is 1. The summed E-state index contributed by atoms with van der Waals surface area (Å²) in [4.78, 5) is 14.5. The molecule has 0 bridgehead atoms. The molecule has 0 spiro atoms. The Balaban J connectivity index is 1.98. The molecule has 4 heteroatoms. The standard InChI is InChI=1S/C16H31N3O/c1-4-12(3)11-19(5-2)14-8-9-16(10-14,15(17)20)18-13-6-7-13/h12-14,18H,4-11H2,1-3H3,(H2,17,20). The molecule has 116 valence electrons. The van der Waals surface area contributed by atoms with Crippen molar-refractivity contribution in [3.63, 3.8) is 0 Å². The van der Waals surface area contributed by atoms with Gasteiger partial charge in [0.15, 0.2) is 0 Å². The molecule has 2 aliphatic rings. The average molecular weight is 281 g/mol. The van der Waals surface area contributed by atoms with Gasteiger partial charge in [-0.15, -0.1) is 0 Å². The van der Waals surface area contributed by atoms with E-state index in [0.29, 0.717) is 12.1 Å². The van der Waals surface area contributed by atoms with Crippen molar-refractivity contribution in [3.8, 4) is 0 Å². The van der Waals surface area contributed by atoms with Crippen LogP contribution in [0.5, 0.6) is 0 Å². The molecule has 0 aromatic rings. The second-order valence-corrected chi connectivity index (χ2v) is 6.86. The Hall–Kier alpha value is -0.610. The zero-order chi connectivity index (χ0) is 14.8. The first kappa shape index (κ1) is 15.8. The van der Waals surface area contributed by atoms with Crippen LogP contribution in [0.15, 0.2) is 0 Å². The summed E-state index contributed by atoms with van der Waals surface area (Å²) in [6.07, 6.45) is 6.50. The lowest BCUT2D eigenvalue weighted by molar-refractivity contribution is -0.124. The van der Waals surface area contributed by atoms with E-state index < -0.39 is 5.54 Å². The second kappa shape index (κ2) is 6.44. The van der Waals surface area contributed by atoms with Gasteiger partial charge >= 0.3 is 0 Å². The minimum Gasteiger partial charge on any atom is -0.368 e. The Morgan fingerprint density at radius 3 is 2.60 bits per heavy atom. The van der Waals surface area contributed by atoms with Crippen LogP contribution in [0.2, 0.25) is 0 Å². The molecule has 0 radical (unpaired) electrons. The summed E-state index contributed by atoms with van der Waals surface area (Å²) < 4.78 is 0. The fraction of sp³-hybridized carbons (Fsp3) is 0.938. The van der Waals surface area contributed by atoms with Gasteiger partial charge in [-0.3, -0.25) is 4.79 Å². The second-order valence-electron chi connectivity index (χ2n) is 6.86. The van der Waals surface area contributed by atoms with Gasteiger partial charge in [-0.2, -0.15) is 0 Å². The van der Waals surface area contributed by atoms with Crippen LogP contribution in [0, 0.1) is 5.92 Å². The van der Waals surface area contributed by atoms with Gasteiger partial charge in [0.2, 0.25) is 5.91 Å². The van der Waals surface area contributed by atoms with Crippen LogP contribution in [0.3, 0.4) is 0 Å². The Bertz CT molecular complexity index is 343. The SMILES string of the molecule is CCC(C)CN(CC)C1CCC(NC2CC2)(C(N)=O)C1. The molecular formula is C16H31N3O. The first-order valence-corrected chi connectivity index (χ1v) is 8.32. The van der Waals surface area contributed by atoms with Gasteiger partial charge in [0.25, 0.3) is 0 Å². The highest BCUT2D eigenvalue weighted by atomic mass is 16.1. The lowest BCUT2D eigenvalue weighted by Gasteiger charge is -2.32. The number of primary amides is 1. The van der Waals surface area contributed by atoms with E-state index in [2.05, 4.69) is 31.0 Å². The Morgan fingerprint density at radius 2 is 2.10 bits per heavy atom. The zero-order valence-corrected chi connectivity index (χ0v) is 13.3. The van der Waals surface area contributed by atoms with Gasteiger partial charge in [-0.05, 0) is 44.6 Å². The van der Waals surface area contributed by atoms with Crippen molar-refractivity contribution in [1.82, 2.24) is 10.2 Å². The van der Waals surface area contributed by atoms with Crippen molar-refractivity contribution in [2.45, 2.75) is 76.9 Å². The van der Waals surface area contributed by atoms with Crippen LogP contribution in [0.4, 0.5) is 0 Å². The van der Waals surface area contributed by atoms with Crippen LogP contribution < -0.4 is 11.1 Å². The molecule has 2 rings (SSSR count). The van der Waals surface area contributed by atoms with Crippen LogP contribution >= 0.6 is 0 Å². The summed E-state index contributed by atoms with van der Waals surface area (Å²) in [6.45, 7) is 8.97. The minimum atomic E-state index is -0.436. The van der Waals surface area contributed by atoms with Crippen LogP contribution in [-0.4, -0.2) is 41.5 Å². The maximum atomic E-state index is 12.0. The third kappa shape index (κ3) is 3.53. The van der Waals surface area contributed by atoms with Gasteiger partial charge in [-0.1, -0.05) is 27.2 Å². The normalized spacial score (nSPS) is 31.7. The summed E-state index contributed by atoms with van der Waals surface area (Å²) in [5.74, 6) is 0.571. The maximum Gasteiger partial charge on any atom is 0.237 e. The minimum absolute atomic E-state index is 0.147. The van der Waals surface area contributed by atoms with Crippen LogP contribution in [0.1, 0.15) is 59.3 Å². The fourth-order valence-electron chi connectivity index (χ4n) is 3.44. The molecule has 3 unspecified atom stereocenters. The Labute approximate surface area is 123 Å². The molecular weight excluding hydrogens is 250 g/mol. The highest BCUT2D eigenvalue weighted by molar-refractivity contribution is 5.85. The number of hydrogen-bond acceptors (Lipinski definition) is 3. The van der Waals surface area contributed by atoms with E-state index in [-0.39, 0.29) is 5.91 Å². The van der Waals surface area contributed by atoms with E-state index in [4.69, 9.17) is 5.73 Å². The fourth-order valence-corrected chi connectivity index (χ4v) is 3.44. The lowest BCUT2D eigenvalue weighted by Crippen LogP contribution is -2.55. The quantitative estimate of drug-likeness (QED) is 0.714. The predicted molar refractivity (Wildman–Crippen MR) is 82.4 cm³/mol. The Kier molecular flexibility index (Phi) is 5.08. The largest absolute Gasteiger partial charge is 0.368 e. The molecule has 1 amide bonds. The molecule has 0 saturated heterocycles. The van der Waals surface area contributed by atoms with Gasteiger partial charge in [-0.25, -0.2) is 0 Å². The number of carbonyl (C=O) groups is 1. The molecule has 2 saturated carbocycles. The van der Waals surface area contributed by atoms with E-state index in [1.54, 1.807) is 0 Å². The van der Waals surface area contributed by atoms with E-state index in [1.807, 2.05) is 0 Å². The first-order valence-electron chi connectivity index (χ1n) is 8.32. The van der Waals surface area contributed by atoms with E-state index in [9.17, 15) is 4.79 Å². The Morgan fingerprint density at radius 1 is 1.40 bits per heavy atom. The molecule has 3 N–H and O–H groups in total. The van der Waals surface area contributed by atoms with E-state index >= 15 is 0 Å². The molecule has 3 atom stereocenters. The summed E-state index contributed by atoms with van der Waals surface area (Å²) >= 11 is 0. The van der Waals surface area contributed by atoms with Crippen LogP contribution in [0.25, 0.3) is 0 Å². The highest BCUT2D eigenvalue weighted by Gasteiger charge is 2.47. The van der Waals surface area contributed by atoms with Crippen molar-refractivity contribution < 1.29 is 4.79 Å². The number of rotatable bonds is 8.